The van der Waals surface area contributed by atoms with Crippen LogP contribution in [-0.4, -0.2) is 22.6 Å². The highest BCUT2D eigenvalue weighted by atomic mass is 79.9. The van der Waals surface area contributed by atoms with Crippen molar-refractivity contribution in [1.82, 2.24) is 0 Å². The number of hydrogen-bond donors (Lipinski definition) is 1. The Balaban J connectivity index is 1.65. The third-order valence-electron chi connectivity index (χ3n) is 5.85. The highest BCUT2D eigenvalue weighted by molar-refractivity contribution is 9.11. The lowest BCUT2D eigenvalue weighted by atomic mass is 9.98. The van der Waals surface area contributed by atoms with Crippen LogP contribution in [0.2, 0.25) is 0 Å². The van der Waals surface area contributed by atoms with E-state index in [1.54, 1.807) is 37.3 Å². The van der Waals surface area contributed by atoms with Gasteiger partial charge in [-0.05, 0) is 81.5 Å². The Labute approximate surface area is 230 Å². The van der Waals surface area contributed by atoms with E-state index in [1.165, 1.54) is 0 Å². The number of halogens is 2. The Morgan fingerprint density at radius 1 is 0.946 bits per heavy atom. The highest BCUT2D eigenvalue weighted by Gasteiger charge is 2.24. The lowest BCUT2D eigenvalue weighted by Crippen LogP contribution is -2.11. The summed E-state index contributed by atoms with van der Waals surface area (Å²) in [7, 11) is 0. The monoisotopic (exact) mass is 626 g/mol. The normalized spacial score (nSPS) is 11.0. The molecule has 3 aromatic carbocycles. The van der Waals surface area contributed by atoms with Gasteiger partial charge in [0.2, 0.25) is 0 Å². The molecule has 0 spiro atoms. The standard InChI is InChI=1S/C29H24Br2O6/c1-17(32)7-5-6-10-24-27(28(34)19-14-22(30)29(35)23(31)15-19)21-12-11-20(16-25(21)37-24)36-26(33)13-18-8-3-2-4-9-18/h2-4,8-9,11-12,14-16,35H,5-7,10,13H2,1H3. The van der Waals surface area contributed by atoms with Gasteiger partial charge in [0.1, 0.15) is 28.6 Å². The van der Waals surface area contributed by atoms with Crippen molar-refractivity contribution < 1.29 is 28.6 Å². The second-order valence-corrected chi connectivity index (χ2v) is 10.4. The first-order valence-electron chi connectivity index (χ1n) is 11.7. The quantitative estimate of drug-likeness (QED) is 0.0855. The van der Waals surface area contributed by atoms with Crippen LogP contribution in [0.15, 0.2) is 74.0 Å². The molecule has 0 fully saturated rings. The molecule has 8 heteroatoms. The number of aromatic hydroxyl groups is 1. The largest absolute Gasteiger partial charge is 0.506 e. The van der Waals surface area contributed by atoms with Crippen LogP contribution in [-0.2, 0) is 22.4 Å². The van der Waals surface area contributed by atoms with E-state index in [1.807, 2.05) is 30.3 Å². The summed E-state index contributed by atoms with van der Waals surface area (Å²) < 4.78 is 12.4. The molecule has 6 nitrogen and oxygen atoms in total. The maximum atomic E-state index is 13.6. The van der Waals surface area contributed by atoms with Crippen LogP contribution < -0.4 is 4.74 Å². The highest BCUT2D eigenvalue weighted by Crippen LogP contribution is 2.37. The van der Waals surface area contributed by atoms with E-state index < -0.39 is 5.97 Å². The third kappa shape index (κ3) is 6.56. The molecule has 0 aliphatic carbocycles. The summed E-state index contributed by atoms with van der Waals surface area (Å²) in [6, 6.07) is 17.4. The first kappa shape index (κ1) is 26.8. The minimum absolute atomic E-state index is 0.0000170. The number of ether oxygens (including phenoxy) is 1. The molecule has 0 saturated heterocycles. The van der Waals surface area contributed by atoms with Gasteiger partial charge in [-0.25, -0.2) is 0 Å². The number of rotatable bonds is 10. The zero-order chi connectivity index (χ0) is 26.5. The molecule has 0 aliphatic heterocycles. The summed E-state index contributed by atoms with van der Waals surface area (Å²) >= 11 is 6.56. The molecule has 0 bridgehead atoms. The van der Waals surface area contributed by atoms with Gasteiger partial charge in [0.15, 0.2) is 5.78 Å². The van der Waals surface area contributed by atoms with Crippen molar-refractivity contribution in [3.05, 3.63) is 92.1 Å². The molecule has 37 heavy (non-hydrogen) atoms. The first-order chi connectivity index (χ1) is 17.7. The molecule has 0 radical (unpaired) electrons. The fourth-order valence-corrected chi connectivity index (χ4v) is 5.23. The molecular weight excluding hydrogens is 604 g/mol. The van der Waals surface area contributed by atoms with Gasteiger partial charge < -0.3 is 19.1 Å². The third-order valence-corrected chi connectivity index (χ3v) is 7.06. The molecule has 190 valence electrons. The predicted octanol–water partition coefficient (Wildman–Crippen LogP) is 7.34. The van der Waals surface area contributed by atoms with Crippen LogP contribution >= 0.6 is 31.9 Å². The number of benzene rings is 3. The Hall–Kier alpha value is -3.23. The molecule has 1 heterocycles. The van der Waals surface area contributed by atoms with Gasteiger partial charge in [0, 0.05) is 29.9 Å². The zero-order valence-corrected chi connectivity index (χ0v) is 23.2. The fourth-order valence-electron chi connectivity index (χ4n) is 4.05. The lowest BCUT2D eigenvalue weighted by Gasteiger charge is -2.07. The summed E-state index contributed by atoms with van der Waals surface area (Å²) in [6.07, 6.45) is 2.41. The number of ketones is 2. The molecule has 0 amide bonds. The maximum absolute atomic E-state index is 13.6. The number of phenolic OH excluding ortho intramolecular Hbond substituents is 1. The first-order valence-corrected chi connectivity index (χ1v) is 13.3. The van der Waals surface area contributed by atoms with E-state index in [0.717, 1.165) is 5.56 Å². The summed E-state index contributed by atoms with van der Waals surface area (Å²) in [5, 5.41) is 10.7. The number of carbonyl (C=O) groups is 3. The number of fused-ring (bicyclic) bond motifs is 1. The number of Topliss-reactive ketones (excluding diaryl/α,β-unsaturated/α-hetero) is 1. The van der Waals surface area contributed by atoms with E-state index in [0.29, 0.717) is 68.2 Å². The second-order valence-electron chi connectivity index (χ2n) is 8.72. The van der Waals surface area contributed by atoms with Gasteiger partial charge in [-0.2, -0.15) is 0 Å². The van der Waals surface area contributed by atoms with Crippen LogP contribution in [0.1, 0.15) is 53.4 Å². The minimum Gasteiger partial charge on any atom is -0.506 e. The molecule has 0 aliphatic rings. The number of furan rings is 1. The molecule has 0 unspecified atom stereocenters. The Morgan fingerprint density at radius 2 is 1.65 bits per heavy atom. The minimum atomic E-state index is -0.406. The summed E-state index contributed by atoms with van der Waals surface area (Å²) in [4.78, 5) is 37.4. The Bertz CT molecular complexity index is 1450. The summed E-state index contributed by atoms with van der Waals surface area (Å²) in [5.74, 6) is 0.255. The molecule has 0 atom stereocenters. The number of phenols is 1. The number of esters is 1. The van der Waals surface area contributed by atoms with Gasteiger partial charge in [-0.15, -0.1) is 0 Å². The topological polar surface area (TPSA) is 93.8 Å². The lowest BCUT2D eigenvalue weighted by molar-refractivity contribution is -0.133. The van der Waals surface area contributed by atoms with Crippen molar-refractivity contribution in [2.75, 3.05) is 0 Å². The molecule has 4 rings (SSSR count). The predicted molar refractivity (Wildman–Crippen MR) is 147 cm³/mol. The van der Waals surface area contributed by atoms with Gasteiger partial charge in [0.05, 0.1) is 20.9 Å². The van der Waals surface area contributed by atoms with Crippen LogP contribution in [0.5, 0.6) is 11.5 Å². The van der Waals surface area contributed by atoms with Gasteiger partial charge in [0.25, 0.3) is 0 Å². The SMILES string of the molecule is CC(=O)CCCCc1oc2cc(OC(=O)Cc3ccccc3)ccc2c1C(=O)c1cc(Br)c(O)c(Br)c1. The molecule has 1 N–H and O–H groups in total. The smallest absolute Gasteiger partial charge is 0.315 e. The van der Waals surface area contributed by atoms with Crippen LogP contribution in [0.4, 0.5) is 0 Å². The molecule has 4 aromatic rings. The van der Waals surface area contributed by atoms with Crippen molar-refractivity contribution >= 4 is 60.4 Å². The number of carbonyl (C=O) groups excluding carboxylic acids is 3. The van der Waals surface area contributed by atoms with Crippen LogP contribution in [0.25, 0.3) is 11.0 Å². The number of aryl methyl sites for hydroxylation is 1. The maximum Gasteiger partial charge on any atom is 0.315 e. The van der Waals surface area contributed by atoms with E-state index in [-0.39, 0.29) is 23.7 Å². The molecular formula is C29H24Br2O6. The van der Waals surface area contributed by atoms with Crippen molar-refractivity contribution in [3.63, 3.8) is 0 Å². The van der Waals surface area contributed by atoms with E-state index >= 15 is 0 Å². The van der Waals surface area contributed by atoms with Crippen LogP contribution in [0, 0.1) is 0 Å². The van der Waals surface area contributed by atoms with Gasteiger partial charge in [-0.3, -0.25) is 9.59 Å². The van der Waals surface area contributed by atoms with E-state index in [4.69, 9.17) is 9.15 Å². The molecule has 1 aromatic heterocycles. The van der Waals surface area contributed by atoms with Gasteiger partial charge in [-0.1, -0.05) is 30.3 Å². The van der Waals surface area contributed by atoms with Gasteiger partial charge >= 0.3 is 5.97 Å². The number of hydrogen-bond acceptors (Lipinski definition) is 6. The van der Waals surface area contributed by atoms with Crippen LogP contribution in [0.3, 0.4) is 0 Å². The fraction of sp³-hybridized carbons (Fsp3) is 0.207. The Morgan fingerprint density at radius 3 is 2.32 bits per heavy atom. The van der Waals surface area contributed by atoms with Crippen molar-refractivity contribution in [2.45, 2.75) is 39.0 Å². The average Bonchev–Trinajstić information content (AvgIpc) is 3.22. The van der Waals surface area contributed by atoms with E-state index in [2.05, 4.69) is 31.9 Å². The van der Waals surface area contributed by atoms with Crippen molar-refractivity contribution in [1.29, 1.82) is 0 Å². The second kappa shape index (κ2) is 11.9. The summed E-state index contributed by atoms with van der Waals surface area (Å²) in [6.45, 7) is 1.55. The Kier molecular flexibility index (Phi) is 8.61. The van der Waals surface area contributed by atoms with Crippen molar-refractivity contribution in [3.8, 4) is 11.5 Å². The van der Waals surface area contributed by atoms with E-state index in [9.17, 15) is 19.5 Å². The zero-order valence-electron chi connectivity index (χ0n) is 20.1. The molecule has 0 saturated carbocycles. The average molecular weight is 628 g/mol. The summed E-state index contributed by atoms with van der Waals surface area (Å²) in [5.41, 5.74) is 2.04. The number of unbranched alkanes of at least 4 members (excludes halogenated alkanes) is 1. The van der Waals surface area contributed by atoms with Crippen molar-refractivity contribution in [2.24, 2.45) is 0 Å².